The lowest BCUT2D eigenvalue weighted by atomic mass is 10.2. The molecule has 3 nitrogen and oxygen atoms in total. The number of nitrogens with zero attached hydrogens (tertiary/aromatic N) is 1. The summed E-state index contributed by atoms with van der Waals surface area (Å²) in [4.78, 5) is 2.29. The van der Waals surface area contributed by atoms with Crippen molar-refractivity contribution in [1.29, 1.82) is 0 Å². The van der Waals surface area contributed by atoms with Gasteiger partial charge in [-0.3, -0.25) is 4.90 Å². The van der Waals surface area contributed by atoms with E-state index in [0.717, 1.165) is 23.6 Å². The van der Waals surface area contributed by atoms with E-state index < -0.39 is 0 Å². The number of nitrogens with two attached hydrogens (primary N) is 1. The number of hydrogen-bond donors (Lipinski definition) is 1. The zero-order chi connectivity index (χ0) is 11.3. The second-order valence-electron chi connectivity index (χ2n) is 3.79. The molecule has 2 N–H and O–H groups in total. The summed E-state index contributed by atoms with van der Waals surface area (Å²) in [5.41, 5.74) is 6.73. The SMILES string of the molecule is CSCC(C)N(C)Cc1occc1CN. The second-order valence-corrected chi connectivity index (χ2v) is 4.70. The summed E-state index contributed by atoms with van der Waals surface area (Å²) in [7, 11) is 2.11. The number of rotatable bonds is 6. The molecule has 86 valence electrons. The van der Waals surface area contributed by atoms with Crippen molar-refractivity contribution >= 4 is 11.8 Å². The molecule has 0 saturated heterocycles. The van der Waals surface area contributed by atoms with Crippen molar-refractivity contribution in [2.24, 2.45) is 5.73 Å². The summed E-state index contributed by atoms with van der Waals surface area (Å²) >= 11 is 1.86. The van der Waals surface area contributed by atoms with Gasteiger partial charge in [0.15, 0.2) is 0 Å². The van der Waals surface area contributed by atoms with Crippen LogP contribution in [-0.2, 0) is 13.1 Å². The average molecular weight is 228 g/mol. The van der Waals surface area contributed by atoms with Gasteiger partial charge in [0.2, 0.25) is 0 Å². The zero-order valence-electron chi connectivity index (χ0n) is 9.69. The smallest absolute Gasteiger partial charge is 0.122 e. The van der Waals surface area contributed by atoms with E-state index in [-0.39, 0.29) is 0 Å². The molecule has 1 aromatic rings. The third-order valence-corrected chi connectivity index (χ3v) is 3.43. The van der Waals surface area contributed by atoms with Crippen molar-refractivity contribution in [1.82, 2.24) is 4.90 Å². The highest BCUT2D eigenvalue weighted by atomic mass is 32.2. The third kappa shape index (κ3) is 3.55. The van der Waals surface area contributed by atoms with Gasteiger partial charge >= 0.3 is 0 Å². The number of thioether (sulfide) groups is 1. The lowest BCUT2D eigenvalue weighted by Crippen LogP contribution is -2.30. The van der Waals surface area contributed by atoms with Crippen LogP contribution in [0.3, 0.4) is 0 Å². The fraction of sp³-hybridized carbons (Fsp3) is 0.636. The van der Waals surface area contributed by atoms with E-state index in [2.05, 4.69) is 25.1 Å². The van der Waals surface area contributed by atoms with Crippen LogP contribution in [0.5, 0.6) is 0 Å². The first kappa shape index (κ1) is 12.6. The monoisotopic (exact) mass is 228 g/mol. The van der Waals surface area contributed by atoms with Gasteiger partial charge in [-0.2, -0.15) is 11.8 Å². The lowest BCUT2D eigenvalue weighted by Gasteiger charge is -2.23. The summed E-state index contributed by atoms with van der Waals surface area (Å²) in [6.45, 7) is 3.61. The van der Waals surface area contributed by atoms with Crippen LogP contribution in [0.1, 0.15) is 18.2 Å². The van der Waals surface area contributed by atoms with Crippen LogP contribution in [-0.4, -0.2) is 30.0 Å². The van der Waals surface area contributed by atoms with Gasteiger partial charge in [-0.15, -0.1) is 0 Å². The van der Waals surface area contributed by atoms with Gasteiger partial charge in [-0.1, -0.05) is 0 Å². The van der Waals surface area contributed by atoms with Crippen molar-refractivity contribution < 1.29 is 4.42 Å². The second kappa shape index (κ2) is 6.20. The van der Waals surface area contributed by atoms with Gasteiger partial charge < -0.3 is 10.2 Å². The van der Waals surface area contributed by atoms with Gasteiger partial charge in [0.25, 0.3) is 0 Å². The topological polar surface area (TPSA) is 42.4 Å². The minimum Gasteiger partial charge on any atom is -0.468 e. The quantitative estimate of drug-likeness (QED) is 0.808. The lowest BCUT2D eigenvalue weighted by molar-refractivity contribution is 0.246. The molecule has 0 saturated carbocycles. The van der Waals surface area contributed by atoms with Crippen LogP contribution in [0.2, 0.25) is 0 Å². The van der Waals surface area contributed by atoms with E-state index in [1.807, 2.05) is 17.8 Å². The highest BCUT2D eigenvalue weighted by molar-refractivity contribution is 7.98. The van der Waals surface area contributed by atoms with E-state index in [9.17, 15) is 0 Å². The third-order valence-electron chi connectivity index (χ3n) is 2.61. The highest BCUT2D eigenvalue weighted by Gasteiger charge is 2.12. The van der Waals surface area contributed by atoms with E-state index in [4.69, 9.17) is 10.2 Å². The van der Waals surface area contributed by atoms with Crippen molar-refractivity contribution in [3.63, 3.8) is 0 Å². The Labute approximate surface area is 96.0 Å². The Hall–Kier alpha value is -0.450. The van der Waals surface area contributed by atoms with Crippen LogP contribution >= 0.6 is 11.8 Å². The summed E-state index contributed by atoms with van der Waals surface area (Å²) in [6.07, 6.45) is 3.84. The molecule has 1 atom stereocenters. The fourth-order valence-electron chi connectivity index (χ4n) is 1.44. The van der Waals surface area contributed by atoms with Gasteiger partial charge in [0.1, 0.15) is 5.76 Å². The summed E-state index contributed by atoms with van der Waals surface area (Å²) in [5.74, 6) is 2.13. The Bertz CT molecular complexity index is 288. The summed E-state index contributed by atoms with van der Waals surface area (Å²) in [5, 5.41) is 0. The molecule has 0 bridgehead atoms. The van der Waals surface area contributed by atoms with Crippen molar-refractivity contribution in [2.45, 2.75) is 26.1 Å². The molecule has 1 rings (SSSR count). The molecule has 1 unspecified atom stereocenters. The molecule has 0 spiro atoms. The van der Waals surface area contributed by atoms with Crippen LogP contribution in [0, 0.1) is 0 Å². The van der Waals surface area contributed by atoms with Gasteiger partial charge in [0, 0.05) is 23.9 Å². The molecule has 0 amide bonds. The molecular weight excluding hydrogens is 208 g/mol. The molecule has 1 heterocycles. The first-order chi connectivity index (χ1) is 7.19. The normalized spacial score (nSPS) is 13.4. The maximum atomic E-state index is 5.62. The van der Waals surface area contributed by atoms with Crippen LogP contribution in [0.25, 0.3) is 0 Å². The molecule has 0 aliphatic carbocycles. The Morgan fingerprint density at radius 3 is 2.93 bits per heavy atom. The van der Waals surface area contributed by atoms with Crippen LogP contribution in [0.15, 0.2) is 16.7 Å². The van der Waals surface area contributed by atoms with Crippen molar-refractivity contribution in [3.8, 4) is 0 Å². The minimum absolute atomic E-state index is 0.552. The van der Waals surface area contributed by atoms with E-state index >= 15 is 0 Å². The van der Waals surface area contributed by atoms with E-state index in [0.29, 0.717) is 12.6 Å². The Morgan fingerprint density at radius 1 is 1.60 bits per heavy atom. The predicted molar refractivity (Wildman–Crippen MR) is 65.9 cm³/mol. The molecule has 0 aliphatic rings. The van der Waals surface area contributed by atoms with Gasteiger partial charge in [-0.05, 0) is 26.3 Å². The number of furan rings is 1. The molecule has 15 heavy (non-hydrogen) atoms. The fourth-order valence-corrected chi connectivity index (χ4v) is 2.18. The predicted octanol–water partition coefficient (Wildman–Crippen LogP) is 1.92. The first-order valence-corrected chi connectivity index (χ1v) is 6.53. The van der Waals surface area contributed by atoms with E-state index in [1.165, 1.54) is 0 Å². The largest absolute Gasteiger partial charge is 0.468 e. The standard InChI is InChI=1S/C11H20N2OS/c1-9(8-15-3)13(2)7-11-10(6-12)4-5-14-11/h4-5,9H,6-8,12H2,1-3H3. The van der Waals surface area contributed by atoms with Crippen LogP contribution in [0.4, 0.5) is 0 Å². The van der Waals surface area contributed by atoms with Gasteiger partial charge in [-0.25, -0.2) is 0 Å². The summed E-state index contributed by atoms with van der Waals surface area (Å²) in [6, 6.07) is 2.50. The maximum absolute atomic E-state index is 5.62. The van der Waals surface area contributed by atoms with Crippen molar-refractivity contribution in [3.05, 3.63) is 23.7 Å². The Kier molecular flexibility index (Phi) is 5.22. The van der Waals surface area contributed by atoms with Crippen molar-refractivity contribution in [2.75, 3.05) is 19.1 Å². The molecule has 0 radical (unpaired) electrons. The molecule has 0 aromatic carbocycles. The Balaban J connectivity index is 2.53. The highest BCUT2D eigenvalue weighted by Crippen LogP contribution is 2.14. The molecular formula is C11H20N2OS. The number of hydrogen-bond acceptors (Lipinski definition) is 4. The maximum Gasteiger partial charge on any atom is 0.122 e. The van der Waals surface area contributed by atoms with Crippen LogP contribution < -0.4 is 5.73 Å². The first-order valence-electron chi connectivity index (χ1n) is 5.13. The molecule has 1 aromatic heterocycles. The average Bonchev–Trinajstić information content (AvgIpc) is 2.65. The molecule has 0 aliphatic heterocycles. The van der Waals surface area contributed by atoms with Gasteiger partial charge in [0.05, 0.1) is 12.8 Å². The minimum atomic E-state index is 0.552. The Morgan fingerprint density at radius 2 is 2.33 bits per heavy atom. The summed E-state index contributed by atoms with van der Waals surface area (Å²) < 4.78 is 5.43. The zero-order valence-corrected chi connectivity index (χ0v) is 10.5. The van der Waals surface area contributed by atoms with E-state index in [1.54, 1.807) is 6.26 Å². The molecule has 4 heteroatoms. The molecule has 0 fully saturated rings.